The Morgan fingerprint density at radius 3 is 2.31 bits per heavy atom. The molecule has 42 heavy (non-hydrogen) atoms. The normalized spacial score (nSPS) is 14.3. The number of thioether (sulfide) groups is 1. The molecule has 0 N–H and O–H groups in total. The number of benzene rings is 3. The number of hydrogen-bond donors (Lipinski definition) is 0. The van der Waals surface area contributed by atoms with E-state index in [-0.39, 0.29) is 5.75 Å². The van der Waals surface area contributed by atoms with E-state index in [0.29, 0.717) is 17.4 Å². The average Bonchev–Trinajstić information content (AvgIpc) is 3.43. The van der Waals surface area contributed by atoms with Crippen molar-refractivity contribution in [3.05, 3.63) is 114 Å². The van der Waals surface area contributed by atoms with E-state index in [1.54, 1.807) is 13.3 Å². The number of ether oxygens (including phenoxy) is 1. The van der Waals surface area contributed by atoms with Gasteiger partial charge in [0.1, 0.15) is 12.1 Å². The maximum atomic E-state index is 12.2. The van der Waals surface area contributed by atoms with Crippen LogP contribution in [0, 0.1) is 0 Å². The van der Waals surface area contributed by atoms with Crippen molar-refractivity contribution in [1.29, 1.82) is 0 Å². The number of rotatable bonds is 7. The van der Waals surface area contributed by atoms with Gasteiger partial charge < -0.3 is 9.64 Å². The van der Waals surface area contributed by atoms with Gasteiger partial charge in [-0.25, -0.2) is 9.67 Å². The highest BCUT2D eigenvalue weighted by molar-refractivity contribution is 8.05. The molecule has 0 saturated carbocycles. The summed E-state index contributed by atoms with van der Waals surface area (Å²) >= 11 is 1.90. The van der Waals surface area contributed by atoms with Crippen LogP contribution < -0.4 is 9.64 Å². The Kier molecular flexibility index (Phi) is 9.90. The molecule has 218 valence electrons. The van der Waals surface area contributed by atoms with Crippen molar-refractivity contribution in [2.45, 2.75) is 33.1 Å². The number of allylic oxidation sites excluding steroid dienone is 2. The molecule has 0 atom stereocenters. The molecule has 5 rings (SSSR count). The second kappa shape index (κ2) is 13.6. The lowest BCUT2D eigenvalue weighted by Crippen LogP contribution is -2.31. The zero-order valence-corrected chi connectivity index (χ0v) is 24.7. The maximum absolute atomic E-state index is 12.2. The second-order valence-corrected chi connectivity index (χ2v) is 10.6. The van der Waals surface area contributed by atoms with Crippen LogP contribution in [0.3, 0.4) is 0 Å². The SMILES string of the molecule is C=C/C(C)=C1/SCN1c1ccccc1C(C)C.CN=Cc1ccc(-c2ncn(-c3ccc(OC(F)(F)F)cc3)n2)cc1. The Morgan fingerprint density at radius 2 is 1.74 bits per heavy atom. The van der Waals surface area contributed by atoms with Crippen LogP contribution in [-0.2, 0) is 0 Å². The predicted octanol–water partition coefficient (Wildman–Crippen LogP) is 8.62. The highest BCUT2D eigenvalue weighted by atomic mass is 32.2. The van der Waals surface area contributed by atoms with Crippen molar-refractivity contribution in [3.8, 4) is 22.8 Å². The highest BCUT2D eigenvalue weighted by Crippen LogP contribution is 2.42. The van der Waals surface area contributed by atoms with Gasteiger partial charge in [-0.05, 0) is 59.9 Å². The summed E-state index contributed by atoms with van der Waals surface area (Å²) in [4.78, 5) is 10.6. The quantitative estimate of drug-likeness (QED) is 0.201. The van der Waals surface area contributed by atoms with E-state index in [1.807, 2.05) is 42.1 Å². The summed E-state index contributed by atoms with van der Waals surface area (Å²) in [6, 6.07) is 21.6. The van der Waals surface area contributed by atoms with Gasteiger partial charge in [-0.3, -0.25) is 4.99 Å². The van der Waals surface area contributed by atoms with E-state index in [1.165, 1.54) is 57.1 Å². The maximum Gasteiger partial charge on any atom is 0.573 e. The topological polar surface area (TPSA) is 55.5 Å². The Balaban J connectivity index is 0.000000208. The summed E-state index contributed by atoms with van der Waals surface area (Å²) in [7, 11) is 1.70. The van der Waals surface area contributed by atoms with Crippen LogP contribution in [0.4, 0.5) is 18.9 Å². The van der Waals surface area contributed by atoms with Crippen LogP contribution >= 0.6 is 11.8 Å². The van der Waals surface area contributed by atoms with Crippen LogP contribution in [-0.4, -0.2) is 40.3 Å². The molecule has 0 spiro atoms. The fourth-order valence-electron chi connectivity index (χ4n) is 4.20. The predicted molar refractivity (Wildman–Crippen MR) is 165 cm³/mol. The number of halogens is 3. The van der Waals surface area contributed by atoms with E-state index >= 15 is 0 Å². The third-order valence-corrected chi connectivity index (χ3v) is 7.55. The van der Waals surface area contributed by atoms with Gasteiger partial charge >= 0.3 is 6.36 Å². The molecule has 1 aromatic heterocycles. The van der Waals surface area contributed by atoms with Gasteiger partial charge in [0.15, 0.2) is 5.82 Å². The number of anilines is 1. The molecule has 0 aliphatic carbocycles. The summed E-state index contributed by atoms with van der Waals surface area (Å²) in [6.07, 6.45) is 0.458. The molecule has 0 radical (unpaired) electrons. The third-order valence-electron chi connectivity index (χ3n) is 6.34. The van der Waals surface area contributed by atoms with Gasteiger partial charge in [-0.15, -0.1) is 18.3 Å². The first-order valence-electron chi connectivity index (χ1n) is 13.2. The summed E-state index contributed by atoms with van der Waals surface area (Å²) in [6.45, 7) is 10.5. The molecule has 3 aromatic carbocycles. The number of hydrogen-bond acceptors (Lipinski definition) is 6. The lowest BCUT2D eigenvalue weighted by Gasteiger charge is -2.38. The molecule has 2 heterocycles. The second-order valence-electron chi connectivity index (χ2n) is 9.67. The molecule has 1 fully saturated rings. The van der Waals surface area contributed by atoms with Gasteiger partial charge in [0, 0.05) is 24.5 Å². The Bertz CT molecular complexity index is 1560. The zero-order valence-electron chi connectivity index (χ0n) is 23.8. The molecule has 0 bridgehead atoms. The minimum absolute atomic E-state index is 0.287. The lowest BCUT2D eigenvalue weighted by molar-refractivity contribution is -0.274. The molecule has 0 unspecified atom stereocenters. The van der Waals surface area contributed by atoms with Crippen molar-refractivity contribution in [2.75, 3.05) is 17.8 Å². The molecule has 1 saturated heterocycles. The largest absolute Gasteiger partial charge is 0.573 e. The standard InChI is InChI=1S/C17H13F3N4O.C15H19NS/c1-21-10-12-2-4-13(5-3-12)16-22-11-24(23-16)14-6-8-15(9-7-14)25-17(18,19)20;1-5-12(4)15-16(10-17-15)14-9-7-6-8-13(14)11(2)3/h2-11H,1H3;5-9,11H,1,10H2,2-4H3/b;15-12+. The Hall–Kier alpha value is -4.31. The number of para-hydroxylation sites is 1. The first kappa shape index (κ1) is 30.6. The van der Waals surface area contributed by atoms with Crippen LogP contribution in [0.1, 0.15) is 37.8 Å². The van der Waals surface area contributed by atoms with Crippen molar-refractivity contribution in [1.82, 2.24) is 14.8 Å². The minimum Gasteiger partial charge on any atom is -0.406 e. The Morgan fingerprint density at radius 1 is 1.05 bits per heavy atom. The van der Waals surface area contributed by atoms with Crippen LogP contribution in [0.15, 0.2) is 107 Å². The fourth-order valence-corrected chi connectivity index (χ4v) is 5.13. The van der Waals surface area contributed by atoms with E-state index < -0.39 is 6.36 Å². The summed E-state index contributed by atoms with van der Waals surface area (Å²) in [5, 5.41) is 5.68. The number of alkyl halides is 3. The summed E-state index contributed by atoms with van der Waals surface area (Å²) in [5.41, 5.74) is 6.39. The smallest absolute Gasteiger partial charge is 0.406 e. The molecule has 4 aromatic rings. The van der Waals surface area contributed by atoms with E-state index in [2.05, 4.69) is 76.3 Å². The lowest BCUT2D eigenvalue weighted by atomic mass is 10.0. The molecular weight excluding hydrogens is 559 g/mol. The number of nitrogens with zero attached hydrogens (tertiary/aromatic N) is 5. The van der Waals surface area contributed by atoms with Crippen LogP contribution in [0.25, 0.3) is 17.1 Å². The van der Waals surface area contributed by atoms with Gasteiger partial charge in [0.05, 0.1) is 16.6 Å². The van der Waals surface area contributed by atoms with Gasteiger partial charge in [0.25, 0.3) is 0 Å². The van der Waals surface area contributed by atoms with Crippen LogP contribution in [0.5, 0.6) is 5.75 Å². The van der Waals surface area contributed by atoms with E-state index in [0.717, 1.165) is 17.0 Å². The molecule has 10 heteroatoms. The summed E-state index contributed by atoms with van der Waals surface area (Å²) in [5.74, 6) is 1.83. The molecule has 6 nitrogen and oxygen atoms in total. The first-order chi connectivity index (χ1) is 20.1. The fraction of sp³-hybridized carbons (Fsp3) is 0.219. The zero-order chi connectivity index (χ0) is 30.3. The number of aliphatic imine (C=N–C) groups is 1. The first-order valence-corrected chi connectivity index (χ1v) is 14.2. The molecule has 1 aliphatic heterocycles. The minimum atomic E-state index is -4.71. The van der Waals surface area contributed by atoms with E-state index in [4.69, 9.17) is 0 Å². The highest BCUT2D eigenvalue weighted by Gasteiger charge is 2.31. The van der Waals surface area contributed by atoms with Crippen molar-refractivity contribution >= 4 is 23.7 Å². The van der Waals surface area contributed by atoms with Crippen molar-refractivity contribution < 1.29 is 17.9 Å². The van der Waals surface area contributed by atoms with Crippen molar-refractivity contribution in [3.63, 3.8) is 0 Å². The monoisotopic (exact) mass is 591 g/mol. The summed E-state index contributed by atoms with van der Waals surface area (Å²) < 4.78 is 41.8. The van der Waals surface area contributed by atoms with Gasteiger partial charge in [-0.2, -0.15) is 0 Å². The van der Waals surface area contributed by atoms with Gasteiger partial charge in [0.2, 0.25) is 0 Å². The Labute approximate surface area is 248 Å². The average molecular weight is 592 g/mol. The number of aromatic nitrogens is 3. The van der Waals surface area contributed by atoms with Gasteiger partial charge in [-0.1, -0.05) is 80.7 Å². The van der Waals surface area contributed by atoms with Crippen molar-refractivity contribution in [2.24, 2.45) is 4.99 Å². The van der Waals surface area contributed by atoms with E-state index in [9.17, 15) is 13.2 Å². The van der Waals surface area contributed by atoms with Crippen LogP contribution in [0.2, 0.25) is 0 Å². The molecule has 1 aliphatic rings. The molecular formula is C32H32F3N5OS. The molecule has 0 amide bonds. The third kappa shape index (κ3) is 7.70.